The van der Waals surface area contributed by atoms with Crippen LogP contribution in [-0.4, -0.2) is 61.3 Å². The Morgan fingerprint density at radius 1 is 1.25 bits per heavy atom. The third kappa shape index (κ3) is 3.40. The van der Waals surface area contributed by atoms with Gasteiger partial charge in [0.1, 0.15) is 5.56 Å². The van der Waals surface area contributed by atoms with E-state index in [9.17, 15) is 4.79 Å². The van der Waals surface area contributed by atoms with Gasteiger partial charge in [-0.1, -0.05) is 11.8 Å². The van der Waals surface area contributed by atoms with E-state index < -0.39 is 0 Å². The molecule has 130 valence electrons. The van der Waals surface area contributed by atoms with Crippen LogP contribution in [0.5, 0.6) is 5.88 Å². The highest BCUT2D eigenvalue weighted by Gasteiger charge is 2.20. The highest BCUT2D eigenvalue weighted by atomic mass is 32.2. The Labute approximate surface area is 145 Å². The number of nitrogens with zero attached hydrogens (tertiary/aromatic N) is 6. The lowest BCUT2D eigenvalue weighted by molar-refractivity contribution is -0.129. The fraction of sp³-hybridized carbons (Fsp3) is 0.600. The molecule has 2 aromatic rings. The topological polar surface area (TPSA) is 78.1 Å². The van der Waals surface area contributed by atoms with Crippen molar-refractivity contribution in [3.05, 3.63) is 6.20 Å². The predicted octanol–water partition coefficient (Wildman–Crippen LogP) is 1.33. The van der Waals surface area contributed by atoms with Crippen LogP contribution in [0.15, 0.2) is 11.4 Å². The van der Waals surface area contributed by atoms with Crippen LogP contribution in [0, 0.1) is 0 Å². The average Bonchev–Trinajstić information content (AvgIpc) is 3.15. The van der Waals surface area contributed by atoms with E-state index in [1.54, 1.807) is 11.8 Å². The summed E-state index contributed by atoms with van der Waals surface area (Å²) in [6, 6.07) is 0. The monoisotopic (exact) mass is 350 g/mol. The summed E-state index contributed by atoms with van der Waals surface area (Å²) in [4.78, 5) is 14.2. The van der Waals surface area contributed by atoms with Crippen molar-refractivity contribution in [1.29, 1.82) is 0 Å². The van der Waals surface area contributed by atoms with Gasteiger partial charge in [0.2, 0.25) is 11.8 Å². The molecule has 0 spiro atoms. The van der Waals surface area contributed by atoms with Crippen LogP contribution in [0.1, 0.15) is 19.3 Å². The molecule has 8 nitrogen and oxygen atoms in total. The number of aryl methyl sites for hydroxylation is 1. The van der Waals surface area contributed by atoms with Crippen LogP contribution >= 0.6 is 11.8 Å². The number of piperidine rings is 1. The first-order valence-electron chi connectivity index (χ1n) is 7.98. The molecule has 24 heavy (non-hydrogen) atoms. The molecule has 1 fully saturated rings. The van der Waals surface area contributed by atoms with E-state index in [0.717, 1.165) is 31.5 Å². The van der Waals surface area contributed by atoms with E-state index in [1.807, 2.05) is 29.8 Å². The highest BCUT2D eigenvalue weighted by Crippen LogP contribution is 2.29. The van der Waals surface area contributed by atoms with E-state index in [0.29, 0.717) is 22.6 Å². The van der Waals surface area contributed by atoms with Gasteiger partial charge in [0, 0.05) is 33.4 Å². The Bertz CT molecular complexity index is 720. The Kier molecular flexibility index (Phi) is 5.08. The van der Waals surface area contributed by atoms with Crippen molar-refractivity contribution in [3.63, 3.8) is 0 Å². The largest absolute Gasteiger partial charge is 0.479 e. The van der Waals surface area contributed by atoms with Crippen LogP contribution < -0.4 is 4.74 Å². The van der Waals surface area contributed by atoms with Gasteiger partial charge in [-0.15, -0.1) is 15.3 Å². The standard InChI is InChI=1S/C15H22N6O2S/c1-19-9-11(14(18-19)23-3)13-16-17-15(20(13)2)24-10-12(22)21-7-5-4-6-8-21/h9H,4-8,10H2,1-3H3. The van der Waals surface area contributed by atoms with E-state index in [-0.39, 0.29) is 5.91 Å². The zero-order valence-corrected chi connectivity index (χ0v) is 15.0. The second-order valence-corrected chi connectivity index (χ2v) is 6.76. The number of aromatic nitrogens is 5. The first-order chi connectivity index (χ1) is 11.6. The molecule has 0 bridgehead atoms. The predicted molar refractivity (Wildman–Crippen MR) is 90.9 cm³/mol. The lowest BCUT2D eigenvalue weighted by Gasteiger charge is -2.26. The van der Waals surface area contributed by atoms with Gasteiger partial charge < -0.3 is 14.2 Å². The van der Waals surface area contributed by atoms with Gasteiger partial charge in [-0.05, 0) is 19.3 Å². The number of carbonyl (C=O) groups is 1. The third-order valence-corrected chi connectivity index (χ3v) is 5.10. The van der Waals surface area contributed by atoms with Crippen LogP contribution in [0.25, 0.3) is 11.4 Å². The Morgan fingerprint density at radius 2 is 2.00 bits per heavy atom. The van der Waals surface area contributed by atoms with Crippen LogP contribution in [0.2, 0.25) is 0 Å². The highest BCUT2D eigenvalue weighted by molar-refractivity contribution is 7.99. The number of amides is 1. The molecule has 1 aliphatic heterocycles. The van der Waals surface area contributed by atoms with Crippen molar-refractivity contribution in [2.24, 2.45) is 14.1 Å². The lowest BCUT2D eigenvalue weighted by atomic mass is 10.1. The zero-order valence-electron chi connectivity index (χ0n) is 14.2. The summed E-state index contributed by atoms with van der Waals surface area (Å²) in [6.45, 7) is 1.74. The molecule has 3 heterocycles. The van der Waals surface area contributed by atoms with Gasteiger partial charge in [0.05, 0.1) is 12.9 Å². The fourth-order valence-electron chi connectivity index (χ4n) is 2.81. The molecule has 0 unspecified atom stereocenters. The van der Waals surface area contributed by atoms with Gasteiger partial charge >= 0.3 is 0 Å². The number of rotatable bonds is 5. The molecule has 3 rings (SSSR count). The summed E-state index contributed by atoms with van der Waals surface area (Å²) >= 11 is 1.41. The first kappa shape index (κ1) is 16.8. The van der Waals surface area contributed by atoms with Crippen LogP contribution in [0.4, 0.5) is 0 Å². The SMILES string of the molecule is COc1nn(C)cc1-c1nnc(SCC(=O)N2CCCCC2)n1C. The van der Waals surface area contributed by atoms with Crippen LogP contribution in [-0.2, 0) is 18.9 Å². The Morgan fingerprint density at radius 3 is 2.71 bits per heavy atom. The molecule has 1 aliphatic rings. The minimum atomic E-state index is 0.170. The second-order valence-electron chi connectivity index (χ2n) is 5.82. The molecule has 0 aliphatic carbocycles. The summed E-state index contributed by atoms with van der Waals surface area (Å²) in [6.07, 6.45) is 5.27. The molecule has 0 aromatic carbocycles. The molecule has 0 saturated carbocycles. The molecule has 0 atom stereocenters. The van der Waals surface area contributed by atoms with E-state index >= 15 is 0 Å². The molecule has 1 saturated heterocycles. The number of methoxy groups -OCH3 is 1. The normalized spacial score (nSPS) is 14.9. The Hall–Kier alpha value is -2.03. The summed E-state index contributed by atoms with van der Waals surface area (Å²) in [5.74, 6) is 1.74. The molecule has 9 heteroatoms. The molecule has 0 N–H and O–H groups in total. The van der Waals surface area contributed by atoms with Crippen molar-refractivity contribution in [2.45, 2.75) is 24.4 Å². The first-order valence-corrected chi connectivity index (χ1v) is 8.96. The second kappa shape index (κ2) is 7.25. The van der Waals surface area contributed by atoms with E-state index in [2.05, 4.69) is 15.3 Å². The number of carbonyl (C=O) groups excluding carboxylic acids is 1. The number of likely N-dealkylation sites (tertiary alicyclic amines) is 1. The summed E-state index contributed by atoms with van der Waals surface area (Å²) in [5, 5.41) is 13.4. The van der Waals surface area contributed by atoms with Gasteiger partial charge in [-0.2, -0.15) is 0 Å². The molecule has 0 radical (unpaired) electrons. The summed E-state index contributed by atoms with van der Waals surface area (Å²) in [5.41, 5.74) is 0.782. The quantitative estimate of drug-likeness (QED) is 0.757. The zero-order chi connectivity index (χ0) is 17.1. The van der Waals surface area contributed by atoms with Crippen molar-refractivity contribution in [2.75, 3.05) is 26.0 Å². The molecular formula is C15H22N6O2S. The van der Waals surface area contributed by atoms with Crippen molar-refractivity contribution in [3.8, 4) is 17.3 Å². The van der Waals surface area contributed by atoms with E-state index in [1.165, 1.54) is 18.2 Å². The maximum Gasteiger partial charge on any atom is 0.243 e. The van der Waals surface area contributed by atoms with Crippen LogP contribution in [0.3, 0.4) is 0 Å². The third-order valence-electron chi connectivity index (χ3n) is 4.10. The maximum absolute atomic E-state index is 12.3. The minimum absolute atomic E-state index is 0.170. The lowest BCUT2D eigenvalue weighted by Crippen LogP contribution is -2.36. The number of hydrogen-bond donors (Lipinski definition) is 0. The average molecular weight is 350 g/mol. The number of hydrogen-bond acceptors (Lipinski definition) is 6. The molecular weight excluding hydrogens is 328 g/mol. The van der Waals surface area contributed by atoms with Crippen molar-refractivity contribution in [1.82, 2.24) is 29.4 Å². The summed E-state index contributed by atoms with van der Waals surface area (Å²) < 4.78 is 8.83. The summed E-state index contributed by atoms with van der Waals surface area (Å²) in [7, 11) is 5.29. The fourth-order valence-corrected chi connectivity index (χ4v) is 3.62. The number of thioether (sulfide) groups is 1. The van der Waals surface area contributed by atoms with Gasteiger partial charge in [-0.3, -0.25) is 9.48 Å². The van der Waals surface area contributed by atoms with E-state index in [4.69, 9.17) is 4.74 Å². The number of ether oxygens (including phenoxy) is 1. The minimum Gasteiger partial charge on any atom is -0.479 e. The van der Waals surface area contributed by atoms with Gasteiger partial charge in [-0.25, -0.2) is 0 Å². The smallest absolute Gasteiger partial charge is 0.243 e. The Balaban J connectivity index is 1.69. The maximum atomic E-state index is 12.3. The van der Waals surface area contributed by atoms with Crippen molar-refractivity contribution >= 4 is 17.7 Å². The van der Waals surface area contributed by atoms with Crippen molar-refractivity contribution < 1.29 is 9.53 Å². The van der Waals surface area contributed by atoms with Gasteiger partial charge in [0.25, 0.3) is 0 Å². The van der Waals surface area contributed by atoms with Gasteiger partial charge in [0.15, 0.2) is 11.0 Å². The molecule has 2 aromatic heterocycles. The molecule has 1 amide bonds.